The van der Waals surface area contributed by atoms with Crippen molar-refractivity contribution in [3.8, 4) is 0 Å². The van der Waals surface area contributed by atoms with Gasteiger partial charge < -0.3 is 4.90 Å². The Bertz CT molecular complexity index is 1160. The van der Waals surface area contributed by atoms with Crippen molar-refractivity contribution in [2.75, 3.05) is 18.8 Å². The molecule has 2 aromatic carbocycles. The average Bonchev–Trinajstić information content (AvgIpc) is 2.73. The van der Waals surface area contributed by atoms with Gasteiger partial charge in [-0.2, -0.15) is 13.2 Å². The molecule has 0 bridgehead atoms. The van der Waals surface area contributed by atoms with Gasteiger partial charge in [0.1, 0.15) is 0 Å². The highest BCUT2D eigenvalue weighted by Gasteiger charge is 2.31. The van der Waals surface area contributed by atoms with Gasteiger partial charge in [-0.05, 0) is 42.0 Å². The van der Waals surface area contributed by atoms with Crippen molar-refractivity contribution in [1.29, 1.82) is 0 Å². The lowest BCUT2D eigenvalue weighted by molar-refractivity contribution is -0.137. The molecule has 0 atom stereocenters. The zero-order valence-corrected chi connectivity index (χ0v) is 16.9. The molecule has 1 aromatic heterocycles. The van der Waals surface area contributed by atoms with E-state index in [0.29, 0.717) is 17.8 Å². The average molecular weight is 436 g/mol. The highest BCUT2D eigenvalue weighted by Crippen LogP contribution is 2.29. The first kappa shape index (κ1) is 21.8. The van der Waals surface area contributed by atoms with Crippen LogP contribution in [0.1, 0.15) is 22.8 Å². The molecule has 5 nitrogen and oxygen atoms in total. The summed E-state index contributed by atoms with van der Waals surface area (Å²) in [7, 11) is -3.95. The van der Waals surface area contributed by atoms with E-state index in [1.54, 1.807) is 19.1 Å². The van der Waals surface area contributed by atoms with Crippen molar-refractivity contribution in [3.63, 3.8) is 0 Å². The molecule has 0 aliphatic rings. The fourth-order valence-electron chi connectivity index (χ4n) is 2.98. The number of rotatable bonds is 6. The van der Waals surface area contributed by atoms with Crippen molar-refractivity contribution >= 4 is 26.5 Å². The number of amides is 1. The van der Waals surface area contributed by atoms with Crippen LogP contribution in [-0.4, -0.2) is 43.1 Å². The summed E-state index contributed by atoms with van der Waals surface area (Å²) >= 11 is 0. The molecular formula is C21H19F3N2O3S. The van der Waals surface area contributed by atoms with Crippen molar-refractivity contribution in [3.05, 3.63) is 71.9 Å². The maximum absolute atomic E-state index is 12.8. The van der Waals surface area contributed by atoms with Crippen molar-refractivity contribution in [1.82, 2.24) is 9.88 Å². The minimum atomic E-state index is -4.60. The summed E-state index contributed by atoms with van der Waals surface area (Å²) in [6.07, 6.45) is -4.11. The smallest absolute Gasteiger partial charge is 0.338 e. The molecule has 0 radical (unpaired) electrons. The van der Waals surface area contributed by atoms with E-state index >= 15 is 0 Å². The Labute approximate surface area is 172 Å². The van der Waals surface area contributed by atoms with Crippen LogP contribution in [0.5, 0.6) is 0 Å². The molecule has 0 spiro atoms. The molecule has 0 fully saturated rings. The Morgan fingerprint density at radius 2 is 1.73 bits per heavy atom. The molecule has 0 saturated carbocycles. The van der Waals surface area contributed by atoms with E-state index in [4.69, 9.17) is 0 Å². The van der Waals surface area contributed by atoms with Crippen LogP contribution in [0.15, 0.2) is 65.8 Å². The third kappa shape index (κ3) is 4.79. The number of carbonyl (C=O) groups is 1. The molecule has 9 heteroatoms. The molecule has 0 aliphatic heterocycles. The van der Waals surface area contributed by atoms with Gasteiger partial charge >= 0.3 is 6.18 Å². The van der Waals surface area contributed by atoms with Crippen LogP contribution in [0.2, 0.25) is 0 Å². The number of hydrogen-bond donors (Lipinski definition) is 0. The zero-order chi connectivity index (χ0) is 21.9. The molecule has 158 valence electrons. The zero-order valence-electron chi connectivity index (χ0n) is 16.1. The molecule has 0 N–H and O–H groups in total. The number of pyridine rings is 1. The van der Waals surface area contributed by atoms with Crippen LogP contribution in [0.3, 0.4) is 0 Å². The van der Waals surface area contributed by atoms with Crippen LogP contribution in [0, 0.1) is 0 Å². The van der Waals surface area contributed by atoms with Gasteiger partial charge in [-0.3, -0.25) is 4.79 Å². The van der Waals surface area contributed by atoms with E-state index in [9.17, 15) is 26.4 Å². The highest BCUT2D eigenvalue weighted by molar-refractivity contribution is 7.91. The molecule has 3 aromatic rings. The van der Waals surface area contributed by atoms with E-state index in [2.05, 4.69) is 4.98 Å². The van der Waals surface area contributed by atoms with Crippen molar-refractivity contribution < 1.29 is 26.4 Å². The summed E-state index contributed by atoms with van der Waals surface area (Å²) in [5, 5.41) is 1.42. The van der Waals surface area contributed by atoms with Crippen molar-refractivity contribution in [2.45, 2.75) is 18.1 Å². The van der Waals surface area contributed by atoms with Gasteiger partial charge in [0.2, 0.25) is 0 Å². The number of fused-ring (bicyclic) bond motifs is 1. The largest absolute Gasteiger partial charge is 0.417 e. The van der Waals surface area contributed by atoms with Gasteiger partial charge in [0, 0.05) is 24.8 Å². The molecule has 0 aliphatic carbocycles. The first-order valence-corrected chi connectivity index (χ1v) is 10.8. The molecular weight excluding hydrogens is 417 g/mol. The van der Waals surface area contributed by atoms with Crippen LogP contribution in [-0.2, 0) is 16.0 Å². The standard InChI is InChI=1S/C21H19F3N2O3S/c1-2-26(20(27)17-8-7-15-5-3-4-6-16(15)13-17)11-12-30(28,29)19-10-9-18(14-25-19)21(22,23)24/h3-10,13-14H,2,11-12H2,1H3. The number of nitrogens with zero attached hydrogens (tertiary/aromatic N) is 2. The summed E-state index contributed by atoms with van der Waals surface area (Å²) < 4.78 is 62.8. The van der Waals surface area contributed by atoms with Gasteiger partial charge in [0.05, 0.1) is 11.3 Å². The number of benzene rings is 2. The second kappa shape index (κ2) is 8.43. The number of hydrogen-bond acceptors (Lipinski definition) is 4. The first-order chi connectivity index (χ1) is 14.1. The Kier molecular flexibility index (Phi) is 6.12. The summed E-state index contributed by atoms with van der Waals surface area (Å²) in [4.78, 5) is 17.6. The normalized spacial score (nSPS) is 12.1. The Hall–Kier alpha value is -2.94. The molecule has 0 saturated heterocycles. The lowest BCUT2D eigenvalue weighted by Crippen LogP contribution is -2.35. The second-order valence-corrected chi connectivity index (χ2v) is 8.70. The predicted octanol–water partition coefficient (Wildman–Crippen LogP) is 4.19. The third-order valence-electron chi connectivity index (χ3n) is 4.68. The first-order valence-electron chi connectivity index (χ1n) is 9.16. The number of aromatic nitrogens is 1. The summed E-state index contributed by atoms with van der Waals surface area (Å²) in [5.41, 5.74) is -0.594. The molecule has 1 heterocycles. The highest BCUT2D eigenvalue weighted by atomic mass is 32.2. The van der Waals surface area contributed by atoms with Gasteiger partial charge in [-0.25, -0.2) is 13.4 Å². The topological polar surface area (TPSA) is 67.3 Å². The van der Waals surface area contributed by atoms with Crippen molar-refractivity contribution in [2.24, 2.45) is 0 Å². The van der Waals surface area contributed by atoms with Gasteiger partial charge in [-0.15, -0.1) is 0 Å². The Morgan fingerprint density at radius 1 is 1.03 bits per heavy atom. The Balaban J connectivity index is 1.73. The van der Waals surface area contributed by atoms with E-state index in [1.807, 2.05) is 30.3 Å². The van der Waals surface area contributed by atoms with E-state index in [1.165, 1.54) is 4.90 Å². The maximum atomic E-state index is 12.8. The summed E-state index contributed by atoms with van der Waals surface area (Å²) in [6, 6.07) is 14.3. The van der Waals surface area contributed by atoms with Gasteiger partial charge in [-0.1, -0.05) is 30.3 Å². The molecule has 1 amide bonds. The summed E-state index contributed by atoms with van der Waals surface area (Å²) in [5.74, 6) is -0.766. The molecule has 0 unspecified atom stereocenters. The van der Waals surface area contributed by atoms with Gasteiger partial charge in [0.15, 0.2) is 14.9 Å². The van der Waals surface area contributed by atoms with E-state index in [0.717, 1.165) is 16.8 Å². The fourth-order valence-corrected chi connectivity index (χ4v) is 4.13. The lowest BCUT2D eigenvalue weighted by atomic mass is 10.1. The minimum Gasteiger partial charge on any atom is -0.338 e. The Morgan fingerprint density at radius 3 is 2.33 bits per heavy atom. The quantitative estimate of drug-likeness (QED) is 0.581. The van der Waals surface area contributed by atoms with E-state index in [-0.39, 0.29) is 19.0 Å². The number of carbonyl (C=O) groups excluding carboxylic acids is 1. The predicted molar refractivity (Wildman–Crippen MR) is 107 cm³/mol. The monoisotopic (exact) mass is 436 g/mol. The summed E-state index contributed by atoms with van der Waals surface area (Å²) in [6.45, 7) is 1.90. The van der Waals surface area contributed by atoms with E-state index < -0.39 is 32.4 Å². The maximum Gasteiger partial charge on any atom is 0.417 e. The number of alkyl halides is 3. The number of sulfone groups is 1. The van der Waals surface area contributed by atoms with Crippen LogP contribution >= 0.6 is 0 Å². The molecule has 30 heavy (non-hydrogen) atoms. The lowest BCUT2D eigenvalue weighted by Gasteiger charge is -2.21. The third-order valence-corrected chi connectivity index (χ3v) is 6.28. The number of halogens is 3. The fraction of sp³-hybridized carbons (Fsp3) is 0.238. The van der Waals surface area contributed by atoms with Gasteiger partial charge in [0.25, 0.3) is 5.91 Å². The van der Waals surface area contributed by atoms with Crippen LogP contribution in [0.25, 0.3) is 10.8 Å². The minimum absolute atomic E-state index is 0.104. The van der Waals surface area contributed by atoms with Crippen LogP contribution in [0.4, 0.5) is 13.2 Å². The van der Waals surface area contributed by atoms with Crippen LogP contribution < -0.4 is 0 Å². The second-order valence-electron chi connectivity index (χ2n) is 6.65. The SMILES string of the molecule is CCN(CCS(=O)(=O)c1ccc(C(F)(F)F)cn1)C(=O)c1ccc2ccccc2c1. The molecule has 3 rings (SSSR count).